The molecule has 0 bridgehead atoms. The molecule has 0 aromatic heterocycles. The highest BCUT2D eigenvalue weighted by Crippen LogP contribution is 2.41. The number of hydrogen-bond donors (Lipinski definition) is 0. The average Bonchev–Trinajstić information content (AvgIpc) is 3.55. The van der Waals surface area contributed by atoms with Gasteiger partial charge in [0.2, 0.25) is 0 Å². The summed E-state index contributed by atoms with van der Waals surface area (Å²) in [5, 5.41) is 0. The van der Waals surface area contributed by atoms with Crippen LogP contribution < -0.4 is 9.80 Å². The molecule has 0 saturated carbocycles. The Balaban J connectivity index is 0.767. The van der Waals surface area contributed by atoms with E-state index in [1.54, 1.807) is 0 Å². The first-order chi connectivity index (χ1) is 38.5. The Kier molecular flexibility index (Phi) is 12.6. The third kappa shape index (κ3) is 9.29. The molecule has 0 unspecified atom stereocenters. The molecular formula is C74H50N2O2. The first-order valence-corrected chi connectivity index (χ1v) is 26.3. The normalized spacial score (nSPS) is 11.6. The summed E-state index contributed by atoms with van der Waals surface area (Å²) in [7, 11) is 0. The van der Waals surface area contributed by atoms with Gasteiger partial charge in [-0.3, -0.25) is 9.59 Å². The van der Waals surface area contributed by atoms with Crippen LogP contribution in [0.5, 0.6) is 0 Å². The van der Waals surface area contributed by atoms with Crippen molar-refractivity contribution in [3.63, 3.8) is 0 Å². The molecule has 12 aromatic rings. The number of nitrogens with zero attached hydrogens (tertiary/aromatic N) is 2. The predicted molar refractivity (Wildman–Crippen MR) is 322 cm³/mol. The van der Waals surface area contributed by atoms with Gasteiger partial charge in [0.1, 0.15) is 0 Å². The lowest BCUT2D eigenvalue weighted by molar-refractivity contribution is 0.0979. The van der Waals surface area contributed by atoms with E-state index < -0.39 is 0 Å². The van der Waals surface area contributed by atoms with Crippen LogP contribution in [0.3, 0.4) is 0 Å². The predicted octanol–water partition coefficient (Wildman–Crippen LogP) is 19.4. The van der Waals surface area contributed by atoms with E-state index in [0.717, 1.165) is 78.6 Å². The second-order valence-electron chi connectivity index (χ2n) is 19.6. The van der Waals surface area contributed by atoms with E-state index in [0.29, 0.717) is 22.3 Å². The standard InChI is InChI=1S/C74H50N2O2/c77-73-70-48-34-62(60-31-45-68(46-32-60)76(65-39-25-57(26-40-65)53-17-9-3-10-18-53)66-41-27-58(28-42-66)54-19-11-4-12-20-54)50-72(70)74(78)69-47-33-61(49-71(69)73)59-29-43-67(44-30-59)75(63-35-21-55(22-36-63)51-13-5-1-6-14-51)64-37-23-56(24-38-64)52-15-7-2-8-16-52/h1-50H. The van der Waals surface area contributed by atoms with Crippen LogP contribution in [-0.2, 0) is 0 Å². The van der Waals surface area contributed by atoms with Crippen molar-refractivity contribution in [1.82, 2.24) is 0 Å². The van der Waals surface area contributed by atoms with Gasteiger partial charge in [0.25, 0.3) is 0 Å². The van der Waals surface area contributed by atoms with Gasteiger partial charge in [-0.1, -0.05) is 206 Å². The molecule has 78 heavy (non-hydrogen) atoms. The molecule has 0 atom stereocenters. The highest BCUT2D eigenvalue weighted by molar-refractivity contribution is 6.29. The molecule has 4 nitrogen and oxygen atoms in total. The van der Waals surface area contributed by atoms with Crippen molar-refractivity contribution >= 4 is 45.7 Å². The lowest BCUT2D eigenvalue weighted by Crippen LogP contribution is -2.21. The summed E-state index contributed by atoms with van der Waals surface area (Å²) >= 11 is 0. The number of rotatable bonds is 12. The fraction of sp³-hybridized carbons (Fsp3) is 0. The minimum atomic E-state index is -0.156. The van der Waals surface area contributed by atoms with Crippen molar-refractivity contribution < 1.29 is 9.59 Å². The fourth-order valence-corrected chi connectivity index (χ4v) is 10.7. The van der Waals surface area contributed by atoms with Gasteiger partial charge in [-0.25, -0.2) is 0 Å². The molecule has 1 aliphatic carbocycles. The summed E-state index contributed by atoms with van der Waals surface area (Å²) in [6.07, 6.45) is 0. The van der Waals surface area contributed by atoms with Crippen LogP contribution in [0.4, 0.5) is 34.1 Å². The lowest BCUT2D eigenvalue weighted by Gasteiger charge is -2.26. The maximum absolute atomic E-state index is 14.4. The van der Waals surface area contributed by atoms with Crippen molar-refractivity contribution in [2.45, 2.75) is 0 Å². The minimum absolute atomic E-state index is 0.156. The van der Waals surface area contributed by atoms with Crippen LogP contribution in [0.25, 0.3) is 66.8 Å². The van der Waals surface area contributed by atoms with Crippen molar-refractivity contribution in [3.8, 4) is 66.8 Å². The molecule has 12 aromatic carbocycles. The molecular weight excluding hydrogens is 949 g/mol. The molecule has 0 aliphatic heterocycles. The zero-order chi connectivity index (χ0) is 52.4. The molecule has 0 saturated heterocycles. The molecule has 0 amide bonds. The Morgan fingerprint density at radius 1 is 0.167 bits per heavy atom. The number of fused-ring (bicyclic) bond motifs is 2. The van der Waals surface area contributed by atoms with Gasteiger partial charge in [0, 0.05) is 56.4 Å². The SMILES string of the molecule is O=C1c2ccc(-c3ccc(N(c4ccc(-c5ccccc5)cc4)c4ccc(-c5ccccc5)cc4)cc3)cc2C(=O)c2ccc(-c3ccc(N(c4ccc(-c5ccccc5)cc4)c4ccc(-c5ccccc5)cc4)cc3)cc21. The Morgan fingerprint density at radius 3 is 0.564 bits per heavy atom. The second kappa shape index (κ2) is 20.7. The zero-order valence-electron chi connectivity index (χ0n) is 42.6. The van der Waals surface area contributed by atoms with Crippen LogP contribution in [0.15, 0.2) is 303 Å². The number of benzene rings is 12. The Labute approximate surface area is 455 Å². The quantitative estimate of drug-likeness (QED) is 0.122. The number of ketones is 2. The Morgan fingerprint density at radius 2 is 0.346 bits per heavy atom. The van der Waals surface area contributed by atoms with E-state index in [4.69, 9.17) is 0 Å². The van der Waals surface area contributed by atoms with Crippen LogP contribution in [0.2, 0.25) is 0 Å². The van der Waals surface area contributed by atoms with E-state index in [1.165, 1.54) is 22.3 Å². The molecule has 0 N–H and O–H groups in total. The largest absolute Gasteiger partial charge is 0.311 e. The zero-order valence-corrected chi connectivity index (χ0v) is 42.6. The van der Waals surface area contributed by atoms with Gasteiger partial charge < -0.3 is 9.80 Å². The number of anilines is 6. The topological polar surface area (TPSA) is 40.6 Å². The summed E-state index contributed by atoms with van der Waals surface area (Å²) in [4.78, 5) is 33.3. The lowest BCUT2D eigenvalue weighted by atomic mass is 9.81. The Bertz CT molecular complexity index is 3650. The maximum Gasteiger partial charge on any atom is 0.194 e. The molecule has 13 rings (SSSR count). The average molecular weight is 999 g/mol. The molecule has 0 spiro atoms. The third-order valence-corrected chi connectivity index (χ3v) is 14.9. The molecule has 0 fully saturated rings. The maximum atomic E-state index is 14.4. The third-order valence-electron chi connectivity index (χ3n) is 14.9. The molecule has 1 aliphatic rings. The summed E-state index contributed by atoms with van der Waals surface area (Å²) in [6, 6.07) is 104. The summed E-state index contributed by atoms with van der Waals surface area (Å²) in [5.74, 6) is -0.313. The molecule has 4 heteroatoms. The van der Waals surface area contributed by atoms with Gasteiger partial charge in [0.15, 0.2) is 11.6 Å². The fourth-order valence-electron chi connectivity index (χ4n) is 10.7. The first-order valence-electron chi connectivity index (χ1n) is 26.3. The minimum Gasteiger partial charge on any atom is -0.311 e. The monoisotopic (exact) mass is 998 g/mol. The highest BCUT2D eigenvalue weighted by Gasteiger charge is 2.30. The van der Waals surface area contributed by atoms with Crippen molar-refractivity contribution in [1.29, 1.82) is 0 Å². The van der Waals surface area contributed by atoms with E-state index in [9.17, 15) is 9.59 Å². The van der Waals surface area contributed by atoms with E-state index in [-0.39, 0.29) is 11.6 Å². The molecule has 368 valence electrons. The number of carbonyl (C=O) groups is 2. The van der Waals surface area contributed by atoms with Crippen molar-refractivity contribution in [3.05, 3.63) is 326 Å². The number of carbonyl (C=O) groups excluding carboxylic acids is 2. The molecule has 0 heterocycles. The van der Waals surface area contributed by atoms with Crippen LogP contribution in [-0.4, -0.2) is 11.6 Å². The summed E-state index contributed by atoms with van der Waals surface area (Å²) in [5.41, 5.74) is 20.6. The van der Waals surface area contributed by atoms with Gasteiger partial charge in [-0.05, 0) is 164 Å². The molecule has 0 radical (unpaired) electrons. The number of hydrogen-bond acceptors (Lipinski definition) is 4. The Hall–Kier alpha value is -10.4. The van der Waals surface area contributed by atoms with Crippen LogP contribution in [0, 0.1) is 0 Å². The van der Waals surface area contributed by atoms with E-state index >= 15 is 0 Å². The van der Waals surface area contributed by atoms with Gasteiger partial charge in [-0.15, -0.1) is 0 Å². The summed E-state index contributed by atoms with van der Waals surface area (Å²) < 4.78 is 0. The van der Waals surface area contributed by atoms with E-state index in [2.05, 4.69) is 252 Å². The smallest absolute Gasteiger partial charge is 0.194 e. The van der Waals surface area contributed by atoms with Gasteiger partial charge in [-0.2, -0.15) is 0 Å². The second-order valence-corrected chi connectivity index (χ2v) is 19.6. The van der Waals surface area contributed by atoms with Crippen molar-refractivity contribution in [2.75, 3.05) is 9.80 Å². The van der Waals surface area contributed by atoms with Crippen LogP contribution >= 0.6 is 0 Å². The van der Waals surface area contributed by atoms with Gasteiger partial charge >= 0.3 is 0 Å². The summed E-state index contributed by atoms with van der Waals surface area (Å²) in [6.45, 7) is 0. The van der Waals surface area contributed by atoms with Crippen LogP contribution in [0.1, 0.15) is 31.8 Å². The van der Waals surface area contributed by atoms with Gasteiger partial charge in [0.05, 0.1) is 0 Å². The highest BCUT2D eigenvalue weighted by atomic mass is 16.1. The van der Waals surface area contributed by atoms with Crippen molar-refractivity contribution in [2.24, 2.45) is 0 Å². The van der Waals surface area contributed by atoms with E-state index in [1.807, 2.05) is 60.7 Å². The first kappa shape index (κ1) is 47.3.